The lowest BCUT2D eigenvalue weighted by atomic mass is 9.91. The van der Waals surface area contributed by atoms with Gasteiger partial charge in [-0.25, -0.2) is 0 Å². The second kappa shape index (κ2) is 13.1. The van der Waals surface area contributed by atoms with Crippen molar-refractivity contribution < 1.29 is 0 Å². The number of aromatic nitrogens is 2. The summed E-state index contributed by atoms with van der Waals surface area (Å²) in [6, 6.07) is 23.5. The van der Waals surface area contributed by atoms with E-state index in [1.807, 2.05) is 18.3 Å². The first-order chi connectivity index (χ1) is 21.7. The van der Waals surface area contributed by atoms with Crippen molar-refractivity contribution in [3.8, 4) is 5.69 Å². The minimum Gasteiger partial charge on any atom is -0.372 e. The summed E-state index contributed by atoms with van der Waals surface area (Å²) in [6.45, 7) is 17.5. The van der Waals surface area contributed by atoms with E-state index >= 15 is 0 Å². The van der Waals surface area contributed by atoms with E-state index in [-0.39, 0.29) is 12.1 Å². The van der Waals surface area contributed by atoms with E-state index in [9.17, 15) is 0 Å². The second-order valence-corrected chi connectivity index (χ2v) is 13.6. The topological polar surface area (TPSA) is 39.6 Å². The maximum atomic E-state index is 7.08. The Balaban J connectivity index is 1.41. The number of nitrogens with zero attached hydrogens (tertiary/aromatic N) is 5. The molecule has 4 aromatic rings. The Hall–Kier alpha value is -3.55. The van der Waals surface area contributed by atoms with Gasteiger partial charge >= 0.3 is 0 Å². The number of hydrogen-bond acceptors (Lipinski definition) is 4. The van der Waals surface area contributed by atoms with Crippen LogP contribution in [-0.4, -0.2) is 40.8 Å². The zero-order valence-corrected chi connectivity index (χ0v) is 28.9. The summed E-state index contributed by atoms with van der Waals surface area (Å²) >= 11 is 13.1. The van der Waals surface area contributed by atoms with Crippen molar-refractivity contribution in [2.75, 3.05) is 40.9 Å². The molecule has 6 rings (SSSR count). The van der Waals surface area contributed by atoms with Crippen LogP contribution >= 0.6 is 23.8 Å². The molecule has 45 heavy (non-hydrogen) atoms. The van der Waals surface area contributed by atoms with Crippen LogP contribution in [0.1, 0.15) is 68.8 Å². The average Bonchev–Trinajstić information content (AvgIpc) is 3.52. The SMILES string of the molecule is CCN(CC)c1ccc(-n2c(C)cc([C@@H]3[C@@H](c4ccccn4)NC(=S)N3c3ccc(N4C[C@H](C)C[C@H](C)C4)c(Cl)c3)c2C)cc1. The van der Waals surface area contributed by atoms with Crippen molar-refractivity contribution in [1.29, 1.82) is 0 Å². The van der Waals surface area contributed by atoms with Crippen LogP contribution in [0.5, 0.6) is 0 Å². The van der Waals surface area contributed by atoms with Crippen LogP contribution in [0.2, 0.25) is 5.02 Å². The van der Waals surface area contributed by atoms with Gasteiger partial charge < -0.3 is 24.6 Å². The van der Waals surface area contributed by atoms with Gasteiger partial charge in [-0.3, -0.25) is 4.98 Å². The highest BCUT2D eigenvalue weighted by atomic mass is 35.5. The molecule has 1 N–H and O–H groups in total. The molecular formula is C37H45ClN6S. The summed E-state index contributed by atoms with van der Waals surface area (Å²) in [7, 11) is 0. The van der Waals surface area contributed by atoms with Crippen molar-refractivity contribution in [2.24, 2.45) is 11.8 Å². The van der Waals surface area contributed by atoms with Gasteiger partial charge in [0, 0.05) is 60.8 Å². The van der Waals surface area contributed by atoms with E-state index in [4.69, 9.17) is 28.8 Å². The van der Waals surface area contributed by atoms with Gasteiger partial charge in [0.05, 0.1) is 28.5 Å². The molecule has 0 unspecified atom stereocenters. The van der Waals surface area contributed by atoms with E-state index in [1.54, 1.807) is 0 Å². The Morgan fingerprint density at radius 3 is 2.24 bits per heavy atom. The van der Waals surface area contributed by atoms with Crippen LogP contribution in [0.3, 0.4) is 0 Å². The zero-order chi connectivity index (χ0) is 31.8. The molecule has 2 saturated heterocycles. The third-order valence-electron chi connectivity index (χ3n) is 9.54. The van der Waals surface area contributed by atoms with E-state index in [0.29, 0.717) is 16.9 Å². The van der Waals surface area contributed by atoms with Crippen LogP contribution in [-0.2, 0) is 0 Å². The Kier molecular flexibility index (Phi) is 9.12. The van der Waals surface area contributed by atoms with Crippen LogP contribution in [0.4, 0.5) is 17.1 Å². The van der Waals surface area contributed by atoms with Gasteiger partial charge in [-0.15, -0.1) is 0 Å². The summed E-state index contributed by atoms with van der Waals surface area (Å²) < 4.78 is 2.35. The molecule has 2 fully saturated rings. The molecule has 0 radical (unpaired) electrons. The molecule has 236 valence electrons. The number of nitrogens with one attached hydrogen (secondary N) is 1. The third kappa shape index (κ3) is 6.05. The number of rotatable bonds is 8. The van der Waals surface area contributed by atoms with Gasteiger partial charge in [-0.05, 0) is 124 Å². The Morgan fingerprint density at radius 2 is 1.62 bits per heavy atom. The lowest BCUT2D eigenvalue weighted by Gasteiger charge is -2.37. The number of aryl methyl sites for hydroxylation is 1. The number of pyridine rings is 1. The van der Waals surface area contributed by atoms with Gasteiger partial charge in [-0.1, -0.05) is 31.5 Å². The summed E-state index contributed by atoms with van der Waals surface area (Å²) in [5.41, 5.74) is 9.01. The monoisotopic (exact) mass is 640 g/mol. The summed E-state index contributed by atoms with van der Waals surface area (Å²) in [4.78, 5) is 11.8. The Bertz CT molecular complexity index is 1640. The molecule has 6 nitrogen and oxygen atoms in total. The molecule has 2 aromatic carbocycles. The molecule has 2 aliphatic rings. The maximum Gasteiger partial charge on any atom is 0.174 e. The van der Waals surface area contributed by atoms with Gasteiger partial charge in [0.2, 0.25) is 0 Å². The molecule has 2 aliphatic heterocycles. The molecular weight excluding hydrogens is 596 g/mol. The van der Waals surface area contributed by atoms with Crippen LogP contribution < -0.4 is 20.0 Å². The van der Waals surface area contributed by atoms with E-state index < -0.39 is 0 Å². The van der Waals surface area contributed by atoms with Gasteiger partial charge in [0.15, 0.2) is 5.11 Å². The number of piperidine rings is 1. The lowest BCUT2D eigenvalue weighted by molar-refractivity contribution is 0.357. The molecule has 0 saturated carbocycles. The second-order valence-electron chi connectivity index (χ2n) is 12.8. The number of hydrogen-bond donors (Lipinski definition) is 1. The van der Waals surface area contributed by atoms with Crippen molar-refractivity contribution >= 4 is 46.0 Å². The van der Waals surface area contributed by atoms with Gasteiger partial charge in [-0.2, -0.15) is 0 Å². The minimum atomic E-state index is -0.125. The van der Waals surface area contributed by atoms with Gasteiger partial charge in [0.1, 0.15) is 0 Å². The highest BCUT2D eigenvalue weighted by Gasteiger charge is 2.42. The van der Waals surface area contributed by atoms with Crippen molar-refractivity contribution in [2.45, 2.75) is 60.0 Å². The number of thiocarbonyl (C=S) groups is 1. The van der Waals surface area contributed by atoms with Crippen molar-refractivity contribution in [3.05, 3.63) is 101 Å². The molecule has 4 atom stereocenters. The average molecular weight is 641 g/mol. The predicted molar refractivity (Wildman–Crippen MR) is 193 cm³/mol. The van der Waals surface area contributed by atoms with E-state index in [2.05, 4.69) is 121 Å². The van der Waals surface area contributed by atoms with Crippen LogP contribution in [0, 0.1) is 25.7 Å². The minimum absolute atomic E-state index is 0.112. The molecule has 0 bridgehead atoms. The van der Waals surface area contributed by atoms with Crippen molar-refractivity contribution in [1.82, 2.24) is 14.9 Å². The number of anilines is 3. The maximum absolute atomic E-state index is 7.08. The molecule has 8 heteroatoms. The smallest absolute Gasteiger partial charge is 0.174 e. The van der Waals surface area contributed by atoms with E-state index in [0.717, 1.165) is 54.0 Å². The largest absolute Gasteiger partial charge is 0.372 e. The first-order valence-electron chi connectivity index (χ1n) is 16.3. The normalized spacial score (nSPS) is 21.7. The molecule has 0 spiro atoms. The lowest BCUT2D eigenvalue weighted by Crippen LogP contribution is -2.38. The molecule has 0 amide bonds. The Labute approximate surface area is 279 Å². The predicted octanol–water partition coefficient (Wildman–Crippen LogP) is 8.65. The first kappa shape index (κ1) is 31.4. The van der Waals surface area contributed by atoms with Crippen molar-refractivity contribution in [3.63, 3.8) is 0 Å². The summed E-state index contributed by atoms with van der Waals surface area (Å²) in [6.07, 6.45) is 3.11. The molecule has 2 aromatic heterocycles. The van der Waals surface area contributed by atoms with Crippen LogP contribution in [0.25, 0.3) is 5.69 Å². The number of benzene rings is 2. The summed E-state index contributed by atoms with van der Waals surface area (Å²) in [5, 5.41) is 5.07. The molecule has 0 aliphatic carbocycles. The standard InChI is InChI=1S/C37H45ClN6S/c1-7-41(8-2)28-12-14-29(15-13-28)43-26(5)20-31(27(43)6)36-35(33-11-9-10-18-39-33)40-37(45)44(36)30-16-17-34(32(38)21-30)42-22-24(3)19-25(4)23-42/h9-18,20-21,24-25,35-36H,7-8,19,22-23H2,1-6H3,(H,40,45)/t24-,25+,35-,36-/m1/s1. The third-order valence-corrected chi connectivity index (χ3v) is 10.2. The zero-order valence-electron chi connectivity index (χ0n) is 27.3. The van der Waals surface area contributed by atoms with Gasteiger partial charge in [0.25, 0.3) is 0 Å². The quantitative estimate of drug-likeness (QED) is 0.194. The fraction of sp³-hybridized carbons (Fsp3) is 0.405. The number of halogens is 1. The Morgan fingerprint density at radius 1 is 0.933 bits per heavy atom. The summed E-state index contributed by atoms with van der Waals surface area (Å²) in [5.74, 6) is 1.29. The highest BCUT2D eigenvalue weighted by molar-refractivity contribution is 7.80. The first-order valence-corrected chi connectivity index (χ1v) is 17.1. The molecule has 4 heterocycles. The van der Waals surface area contributed by atoms with E-state index in [1.165, 1.54) is 29.1 Å². The fourth-order valence-corrected chi connectivity index (χ4v) is 8.24. The van der Waals surface area contributed by atoms with Crippen LogP contribution in [0.15, 0.2) is 72.9 Å². The fourth-order valence-electron chi connectivity index (χ4n) is 7.60. The highest BCUT2D eigenvalue weighted by Crippen LogP contribution is 2.45.